The van der Waals surface area contributed by atoms with E-state index in [1.54, 1.807) is 19.1 Å². The Bertz CT molecular complexity index is 544. The number of amides is 1. The van der Waals surface area contributed by atoms with Crippen LogP contribution in [0.3, 0.4) is 0 Å². The quantitative estimate of drug-likeness (QED) is 0.851. The van der Waals surface area contributed by atoms with E-state index in [0.29, 0.717) is 5.88 Å². The molecule has 1 aliphatic heterocycles. The number of ether oxygens (including phenoxy) is 2. The molecule has 2 rings (SSSR count). The van der Waals surface area contributed by atoms with Crippen molar-refractivity contribution in [1.82, 2.24) is 14.9 Å². The van der Waals surface area contributed by atoms with Crippen LogP contribution in [0.25, 0.3) is 0 Å². The van der Waals surface area contributed by atoms with E-state index in [0.717, 1.165) is 31.7 Å². The summed E-state index contributed by atoms with van der Waals surface area (Å²) in [6.07, 6.45) is 3.15. The molecule has 23 heavy (non-hydrogen) atoms. The van der Waals surface area contributed by atoms with Crippen LogP contribution in [0.4, 0.5) is 10.6 Å². The Morgan fingerprint density at radius 3 is 2.78 bits per heavy atom. The predicted molar refractivity (Wildman–Crippen MR) is 87.8 cm³/mol. The minimum absolute atomic E-state index is 0.0968. The number of hydrogen-bond donors (Lipinski definition) is 0. The Balaban J connectivity index is 2.03. The summed E-state index contributed by atoms with van der Waals surface area (Å²) in [6.45, 7) is 7.24. The largest absolute Gasteiger partial charge is 0.481 e. The number of nitrogens with zero attached hydrogens (tertiary/aromatic N) is 4. The monoisotopic (exact) mass is 322 g/mol. The Hall–Kier alpha value is -2.05. The van der Waals surface area contributed by atoms with Gasteiger partial charge in [-0.2, -0.15) is 0 Å². The lowest BCUT2D eigenvalue weighted by Gasteiger charge is -2.38. The van der Waals surface area contributed by atoms with Gasteiger partial charge in [-0.25, -0.2) is 14.8 Å². The zero-order valence-corrected chi connectivity index (χ0v) is 14.6. The van der Waals surface area contributed by atoms with E-state index < -0.39 is 5.60 Å². The maximum atomic E-state index is 12.2. The molecule has 1 aliphatic rings. The second-order valence-corrected chi connectivity index (χ2v) is 6.75. The first-order chi connectivity index (χ1) is 10.8. The number of carbonyl (C=O) groups excluding carboxylic acids is 1. The standard InChI is InChI=1S/C16H26N4O3/c1-16(2,3)23-15(21)19(4)12-7-6-8-20(10-12)13-9-14(22-5)18-11-17-13/h9,11-12H,6-8,10H2,1-5H3. The summed E-state index contributed by atoms with van der Waals surface area (Å²) in [6, 6.07) is 1.91. The SMILES string of the molecule is COc1cc(N2CCCC(N(C)C(=O)OC(C)(C)C)C2)ncn1. The van der Waals surface area contributed by atoms with Gasteiger partial charge in [0.2, 0.25) is 5.88 Å². The topological polar surface area (TPSA) is 67.8 Å². The Morgan fingerprint density at radius 1 is 1.39 bits per heavy atom. The highest BCUT2D eigenvalue weighted by atomic mass is 16.6. The van der Waals surface area contributed by atoms with E-state index in [4.69, 9.17) is 9.47 Å². The first kappa shape index (κ1) is 17.3. The van der Waals surface area contributed by atoms with Gasteiger partial charge in [0.15, 0.2) is 0 Å². The van der Waals surface area contributed by atoms with Crippen LogP contribution in [0.5, 0.6) is 5.88 Å². The summed E-state index contributed by atoms with van der Waals surface area (Å²) in [4.78, 5) is 24.4. The number of carbonyl (C=O) groups is 1. The van der Waals surface area contributed by atoms with Crippen LogP contribution < -0.4 is 9.64 Å². The third-order valence-corrected chi connectivity index (χ3v) is 3.79. The molecule has 1 amide bonds. The number of hydrogen-bond acceptors (Lipinski definition) is 6. The van der Waals surface area contributed by atoms with Gasteiger partial charge in [0.1, 0.15) is 17.7 Å². The van der Waals surface area contributed by atoms with Gasteiger partial charge in [-0.3, -0.25) is 0 Å². The van der Waals surface area contributed by atoms with Gasteiger partial charge in [0, 0.05) is 26.2 Å². The molecule has 0 bridgehead atoms. The van der Waals surface area contributed by atoms with E-state index in [1.807, 2.05) is 26.8 Å². The van der Waals surface area contributed by atoms with Crippen LogP contribution in [-0.2, 0) is 4.74 Å². The molecule has 7 nitrogen and oxygen atoms in total. The van der Waals surface area contributed by atoms with Crippen LogP contribution in [0, 0.1) is 0 Å². The molecule has 0 saturated carbocycles. The van der Waals surface area contributed by atoms with Crippen molar-refractivity contribution in [2.45, 2.75) is 45.3 Å². The van der Waals surface area contributed by atoms with Crippen molar-refractivity contribution in [1.29, 1.82) is 0 Å². The van der Waals surface area contributed by atoms with Gasteiger partial charge in [-0.15, -0.1) is 0 Å². The highest BCUT2D eigenvalue weighted by molar-refractivity contribution is 5.68. The Labute approximate surface area is 137 Å². The zero-order chi connectivity index (χ0) is 17.0. The molecule has 0 aromatic carbocycles. The molecule has 7 heteroatoms. The molecule has 1 saturated heterocycles. The molecule has 1 atom stereocenters. The lowest BCUT2D eigenvalue weighted by molar-refractivity contribution is 0.0209. The molecule has 1 fully saturated rings. The number of rotatable bonds is 3. The average molecular weight is 322 g/mol. The van der Waals surface area contributed by atoms with Gasteiger partial charge in [-0.05, 0) is 33.6 Å². The Kier molecular flexibility index (Phi) is 5.28. The van der Waals surface area contributed by atoms with Gasteiger partial charge in [0.25, 0.3) is 0 Å². The Morgan fingerprint density at radius 2 is 2.13 bits per heavy atom. The van der Waals surface area contributed by atoms with Crippen LogP contribution in [0.2, 0.25) is 0 Å². The van der Waals surface area contributed by atoms with E-state index in [-0.39, 0.29) is 12.1 Å². The molecule has 0 radical (unpaired) electrons. The summed E-state index contributed by atoms with van der Waals surface area (Å²) >= 11 is 0. The minimum atomic E-state index is -0.486. The number of likely N-dealkylation sites (N-methyl/N-ethyl adjacent to an activating group) is 1. The number of aromatic nitrogens is 2. The van der Waals surface area contributed by atoms with Gasteiger partial charge < -0.3 is 19.3 Å². The predicted octanol–water partition coefficient (Wildman–Crippen LogP) is 2.32. The summed E-state index contributed by atoms with van der Waals surface area (Å²) in [5.74, 6) is 1.36. The van der Waals surface area contributed by atoms with Gasteiger partial charge in [0.05, 0.1) is 13.2 Å². The molecule has 0 N–H and O–H groups in total. The van der Waals surface area contributed by atoms with Gasteiger partial charge >= 0.3 is 6.09 Å². The lowest BCUT2D eigenvalue weighted by Crippen LogP contribution is -2.50. The molecule has 1 aromatic rings. The van der Waals surface area contributed by atoms with Crippen molar-refractivity contribution >= 4 is 11.9 Å². The van der Waals surface area contributed by atoms with E-state index >= 15 is 0 Å². The highest BCUT2D eigenvalue weighted by Gasteiger charge is 2.29. The van der Waals surface area contributed by atoms with Crippen molar-refractivity contribution in [2.24, 2.45) is 0 Å². The summed E-state index contributed by atoms with van der Waals surface area (Å²) < 4.78 is 10.6. The van der Waals surface area contributed by atoms with E-state index in [9.17, 15) is 4.79 Å². The van der Waals surface area contributed by atoms with Crippen molar-refractivity contribution in [2.75, 3.05) is 32.1 Å². The maximum Gasteiger partial charge on any atom is 0.410 e. The van der Waals surface area contributed by atoms with Crippen LogP contribution in [0.15, 0.2) is 12.4 Å². The van der Waals surface area contributed by atoms with Crippen molar-refractivity contribution in [3.05, 3.63) is 12.4 Å². The van der Waals surface area contributed by atoms with E-state index in [2.05, 4.69) is 14.9 Å². The normalized spacial score (nSPS) is 18.5. The fraction of sp³-hybridized carbons (Fsp3) is 0.688. The van der Waals surface area contributed by atoms with Crippen molar-refractivity contribution in [3.8, 4) is 5.88 Å². The molecule has 0 spiro atoms. The second-order valence-electron chi connectivity index (χ2n) is 6.75. The lowest BCUT2D eigenvalue weighted by atomic mass is 10.0. The number of methoxy groups -OCH3 is 1. The maximum absolute atomic E-state index is 12.2. The van der Waals surface area contributed by atoms with Crippen molar-refractivity contribution < 1.29 is 14.3 Å². The molecule has 2 heterocycles. The molecule has 0 aliphatic carbocycles. The first-order valence-corrected chi connectivity index (χ1v) is 7.87. The third kappa shape index (κ3) is 4.71. The fourth-order valence-corrected chi connectivity index (χ4v) is 2.58. The summed E-state index contributed by atoms with van der Waals surface area (Å²) in [5, 5.41) is 0. The van der Waals surface area contributed by atoms with Crippen LogP contribution in [0.1, 0.15) is 33.6 Å². The van der Waals surface area contributed by atoms with E-state index in [1.165, 1.54) is 6.33 Å². The molecular weight excluding hydrogens is 296 g/mol. The van der Waals surface area contributed by atoms with Gasteiger partial charge in [-0.1, -0.05) is 0 Å². The smallest absolute Gasteiger partial charge is 0.410 e. The highest BCUT2D eigenvalue weighted by Crippen LogP contribution is 2.23. The van der Waals surface area contributed by atoms with Crippen LogP contribution >= 0.6 is 0 Å². The fourth-order valence-electron chi connectivity index (χ4n) is 2.58. The molecule has 1 aromatic heterocycles. The first-order valence-electron chi connectivity index (χ1n) is 7.87. The minimum Gasteiger partial charge on any atom is -0.481 e. The summed E-state index contributed by atoms with van der Waals surface area (Å²) in [7, 11) is 3.38. The molecule has 1 unspecified atom stereocenters. The van der Waals surface area contributed by atoms with Crippen LogP contribution in [-0.4, -0.2) is 59.9 Å². The molecular formula is C16H26N4O3. The third-order valence-electron chi connectivity index (χ3n) is 3.79. The number of piperidine rings is 1. The van der Waals surface area contributed by atoms with Crippen molar-refractivity contribution in [3.63, 3.8) is 0 Å². The molecule has 128 valence electrons. The number of anilines is 1. The summed E-state index contributed by atoms with van der Waals surface area (Å²) in [5.41, 5.74) is -0.486. The second kappa shape index (κ2) is 7.02. The average Bonchev–Trinajstić information content (AvgIpc) is 2.52. The zero-order valence-electron chi connectivity index (χ0n) is 14.6.